The van der Waals surface area contributed by atoms with Crippen LogP contribution in [0.1, 0.15) is 65.0 Å². The third-order valence-electron chi connectivity index (χ3n) is 3.75. The van der Waals surface area contributed by atoms with Gasteiger partial charge in [0, 0.05) is 0 Å². The van der Waals surface area contributed by atoms with Crippen molar-refractivity contribution in [3.63, 3.8) is 0 Å². The van der Waals surface area contributed by atoms with Crippen molar-refractivity contribution in [2.45, 2.75) is 66.4 Å². The molecule has 0 spiro atoms. The minimum absolute atomic E-state index is 0.211. The Morgan fingerprint density at radius 2 is 1.68 bits per heavy atom. The standard InChI is InChI=1S/C21H31NO3/c1-7-8-19(21(24)25-15(4)5)22-20(23)16(6)18-11-9-17(10-12-18)13-14(2)3/h8-12,14-16H,7,13H2,1-6H3,(H,22,23). The summed E-state index contributed by atoms with van der Waals surface area (Å²) in [7, 11) is 0. The van der Waals surface area contributed by atoms with Gasteiger partial charge in [-0.2, -0.15) is 0 Å². The van der Waals surface area contributed by atoms with Gasteiger partial charge >= 0.3 is 5.97 Å². The first kappa shape index (κ1) is 20.9. The van der Waals surface area contributed by atoms with E-state index in [2.05, 4.69) is 31.3 Å². The minimum atomic E-state index is -0.496. The molecule has 0 radical (unpaired) electrons. The quantitative estimate of drug-likeness (QED) is 0.563. The van der Waals surface area contributed by atoms with E-state index < -0.39 is 5.97 Å². The number of allylic oxidation sites excluding steroid dienone is 1. The molecule has 0 fully saturated rings. The van der Waals surface area contributed by atoms with Crippen LogP contribution in [0.3, 0.4) is 0 Å². The summed E-state index contributed by atoms with van der Waals surface area (Å²) in [4.78, 5) is 24.6. The van der Waals surface area contributed by atoms with E-state index in [1.54, 1.807) is 19.9 Å². The largest absolute Gasteiger partial charge is 0.458 e. The SMILES string of the molecule is CCC=C(NC(=O)C(C)c1ccc(CC(C)C)cc1)C(=O)OC(C)C. The fourth-order valence-electron chi connectivity index (χ4n) is 2.47. The number of esters is 1. The Bertz CT molecular complexity index is 600. The summed E-state index contributed by atoms with van der Waals surface area (Å²) in [5, 5.41) is 2.72. The van der Waals surface area contributed by atoms with E-state index in [1.165, 1.54) is 5.56 Å². The molecule has 0 saturated carbocycles. The van der Waals surface area contributed by atoms with Crippen LogP contribution in [0.2, 0.25) is 0 Å². The van der Waals surface area contributed by atoms with Gasteiger partial charge in [0.1, 0.15) is 5.70 Å². The lowest BCUT2D eigenvalue weighted by atomic mass is 9.96. The number of nitrogens with one attached hydrogen (secondary N) is 1. The molecule has 138 valence electrons. The van der Waals surface area contributed by atoms with Crippen LogP contribution in [0.25, 0.3) is 0 Å². The molecule has 0 aliphatic rings. The van der Waals surface area contributed by atoms with Crippen molar-refractivity contribution >= 4 is 11.9 Å². The summed E-state index contributed by atoms with van der Waals surface area (Å²) in [6.45, 7) is 11.7. The van der Waals surface area contributed by atoms with Crippen molar-refractivity contribution in [1.29, 1.82) is 0 Å². The topological polar surface area (TPSA) is 55.4 Å². The lowest BCUT2D eigenvalue weighted by Crippen LogP contribution is -2.32. The summed E-state index contributed by atoms with van der Waals surface area (Å²) >= 11 is 0. The predicted octanol–water partition coefficient (Wildman–Crippen LogP) is 4.35. The molecule has 1 aromatic rings. The van der Waals surface area contributed by atoms with Crippen molar-refractivity contribution < 1.29 is 14.3 Å². The average Bonchev–Trinajstić information content (AvgIpc) is 2.53. The Morgan fingerprint density at radius 3 is 2.16 bits per heavy atom. The highest BCUT2D eigenvalue weighted by molar-refractivity contribution is 5.95. The Labute approximate surface area is 151 Å². The molecule has 0 saturated heterocycles. The van der Waals surface area contributed by atoms with E-state index in [0.717, 1.165) is 12.0 Å². The molecule has 1 rings (SSSR count). The van der Waals surface area contributed by atoms with Crippen LogP contribution >= 0.6 is 0 Å². The van der Waals surface area contributed by atoms with Crippen LogP contribution in [-0.4, -0.2) is 18.0 Å². The van der Waals surface area contributed by atoms with Crippen molar-refractivity contribution in [2.24, 2.45) is 5.92 Å². The zero-order chi connectivity index (χ0) is 19.0. The highest BCUT2D eigenvalue weighted by Crippen LogP contribution is 2.18. The third kappa shape index (κ3) is 7.12. The number of rotatable bonds is 8. The Hall–Kier alpha value is -2.10. The predicted molar refractivity (Wildman–Crippen MR) is 101 cm³/mol. The maximum absolute atomic E-state index is 12.5. The number of carbonyl (C=O) groups excluding carboxylic acids is 2. The van der Waals surface area contributed by atoms with Gasteiger partial charge in [-0.15, -0.1) is 0 Å². The second-order valence-corrected chi connectivity index (χ2v) is 7.03. The van der Waals surface area contributed by atoms with Crippen LogP contribution in [0.4, 0.5) is 0 Å². The summed E-state index contributed by atoms with van der Waals surface area (Å²) in [5.41, 5.74) is 2.40. The molecule has 0 heterocycles. The fourth-order valence-corrected chi connectivity index (χ4v) is 2.47. The second kappa shape index (κ2) is 10.0. The molecule has 1 aromatic carbocycles. The lowest BCUT2D eigenvalue weighted by Gasteiger charge is -2.16. The number of amides is 1. The van der Waals surface area contributed by atoms with Crippen molar-refractivity contribution in [3.05, 3.63) is 47.2 Å². The lowest BCUT2D eigenvalue weighted by molar-refractivity contribution is -0.144. The molecule has 0 aliphatic heterocycles. The average molecular weight is 345 g/mol. The van der Waals surface area contributed by atoms with Crippen LogP contribution in [-0.2, 0) is 20.7 Å². The van der Waals surface area contributed by atoms with Gasteiger partial charge in [-0.1, -0.05) is 51.1 Å². The number of hydrogen-bond donors (Lipinski definition) is 1. The molecule has 4 nitrogen and oxygen atoms in total. The first-order chi connectivity index (χ1) is 11.7. The van der Waals surface area contributed by atoms with Gasteiger partial charge in [0.2, 0.25) is 5.91 Å². The van der Waals surface area contributed by atoms with E-state index in [9.17, 15) is 9.59 Å². The maximum atomic E-state index is 12.5. The van der Waals surface area contributed by atoms with Gasteiger partial charge in [-0.3, -0.25) is 4.79 Å². The molecule has 0 aromatic heterocycles. The molecule has 1 atom stereocenters. The molecule has 1 N–H and O–H groups in total. The monoisotopic (exact) mass is 345 g/mol. The van der Waals surface area contributed by atoms with E-state index in [1.807, 2.05) is 26.0 Å². The van der Waals surface area contributed by atoms with Crippen LogP contribution in [0.5, 0.6) is 0 Å². The van der Waals surface area contributed by atoms with Crippen LogP contribution < -0.4 is 5.32 Å². The van der Waals surface area contributed by atoms with Gasteiger partial charge in [0.05, 0.1) is 12.0 Å². The maximum Gasteiger partial charge on any atom is 0.354 e. The Morgan fingerprint density at radius 1 is 1.08 bits per heavy atom. The molecule has 0 aliphatic carbocycles. The zero-order valence-corrected chi connectivity index (χ0v) is 16.3. The third-order valence-corrected chi connectivity index (χ3v) is 3.75. The van der Waals surface area contributed by atoms with Gasteiger partial charge < -0.3 is 10.1 Å². The van der Waals surface area contributed by atoms with E-state index in [4.69, 9.17) is 4.74 Å². The Kier molecular flexibility index (Phi) is 8.39. The number of carbonyl (C=O) groups is 2. The number of ether oxygens (including phenoxy) is 1. The molecule has 0 bridgehead atoms. The molecule has 25 heavy (non-hydrogen) atoms. The summed E-state index contributed by atoms with van der Waals surface area (Å²) in [6.07, 6.45) is 3.11. The second-order valence-electron chi connectivity index (χ2n) is 7.03. The molecular weight excluding hydrogens is 314 g/mol. The minimum Gasteiger partial charge on any atom is -0.458 e. The summed E-state index contributed by atoms with van der Waals surface area (Å²) in [6, 6.07) is 8.10. The molecule has 1 unspecified atom stereocenters. The highest BCUT2D eigenvalue weighted by atomic mass is 16.5. The summed E-state index contributed by atoms with van der Waals surface area (Å²) in [5.74, 6) is -0.456. The number of hydrogen-bond acceptors (Lipinski definition) is 3. The normalized spacial score (nSPS) is 13.0. The highest BCUT2D eigenvalue weighted by Gasteiger charge is 2.20. The zero-order valence-electron chi connectivity index (χ0n) is 16.3. The van der Waals surface area contributed by atoms with Gasteiger partial charge in [-0.25, -0.2) is 4.79 Å². The van der Waals surface area contributed by atoms with Crippen molar-refractivity contribution in [1.82, 2.24) is 5.32 Å². The molecule has 1 amide bonds. The van der Waals surface area contributed by atoms with E-state index >= 15 is 0 Å². The number of benzene rings is 1. The smallest absolute Gasteiger partial charge is 0.354 e. The van der Waals surface area contributed by atoms with Crippen molar-refractivity contribution in [2.75, 3.05) is 0 Å². The first-order valence-corrected chi connectivity index (χ1v) is 9.05. The Balaban J connectivity index is 2.80. The summed E-state index contributed by atoms with van der Waals surface area (Å²) < 4.78 is 5.18. The van der Waals surface area contributed by atoms with E-state index in [-0.39, 0.29) is 23.6 Å². The van der Waals surface area contributed by atoms with Crippen LogP contribution in [0, 0.1) is 5.92 Å². The fraction of sp³-hybridized carbons (Fsp3) is 0.524. The molecule has 4 heteroatoms. The van der Waals surface area contributed by atoms with Gasteiger partial charge in [-0.05, 0) is 50.7 Å². The van der Waals surface area contributed by atoms with Gasteiger partial charge in [0.15, 0.2) is 0 Å². The van der Waals surface area contributed by atoms with Gasteiger partial charge in [0.25, 0.3) is 0 Å². The first-order valence-electron chi connectivity index (χ1n) is 9.05. The van der Waals surface area contributed by atoms with Crippen molar-refractivity contribution in [3.8, 4) is 0 Å². The molecular formula is C21H31NO3. The van der Waals surface area contributed by atoms with Crippen LogP contribution in [0.15, 0.2) is 36.0 Å². The van der Waals surface area contributed by atoms with E-state index in [0.29, 0.717) is 12.3 Å².